The van der Waals surface area contributed by atoms with Crippen LogP contribution in [0.2, 0.25) is 5.02 Å². The maximum atomic E-state index is 13.2. The SMILES string of the molecule is NC(=Nc1ccc(F)c(Cl)c1)c1nonc1CNS(=O)(=O)c1c[nH]c(=O)[nH]c1=O. The second-order valence-electron chi connectivity index (χ2n) is 5.42. The molecular formula is C14H11ClFN7O5S. The zero-order valence-corrected chi connectivity index (χ0v) is 15.7. The van der Waals surface area contributed by atoms with Crippen molar-refractivity contribution in [2.45, 2.75) is 11.4 Å². The molecule has 0 aliphatic carbocycles. The lowest BCUT2D eigenvalue weighted by atomic mass is 10.3. The Bertz CT molecular complexity index is 1310. The molecule has 15 heteroatoms. The number of halogens is 2. The standard InChI is InChI=1S/C14H11ClFN7O5S/c15-7-3-6(1-2-8(7)16)20-12(17)11-9(22-28-23-11)4-19-29(26,27)10-5-18-14(25)21-13(10)24/h1-3,5,19H,4H2,(H2,17,20)(H2,18,21,24,25). The molecule has 0 unspecified atom stereocenters. The molecule has 1 aromatic carbocycles. The maximum Gasteiger partial charge on any atom is 0.325 e. The van der Waals surface area contributed by atoms with Crippen molar-refractivity contribution in [3.05, 3.63) is 67.5 Å². The average Bonchev–Trinajstić information content (AvgIpc) is 3.12. The maximum absolute atomic E-state index is 13.2. The quantitative estimate of drug-likeness (QED) is 0.296. The van der Waals surface area contributed by atoms with Crippen molar-refractivity contribution in [1.29, 1.82) is 0 Å². The first-order chi connectivity index (χ1) is 13.7. The van der Waals surface area contributed by atoms with Gasteiger partial charge in [0.15, 0.2) is 16.4 Å². The fraction of sp³-hybridized carbons (Fsp3) is 0.0714. The Hall–Kier alpha value is -3.36. The number of sulfonamides is 1. The van der Waals surface area contributed by atoms with E-state index in [4.69, 9.17) is 17.3 Å². The van der Waals surface area contributed by atoms with Gasteiger partial charge in [-0.2, -0.15) is 0 Å². The molecule has 0 amide bonds. The molecule has 0 fully saturated rings. The Morgan fingerprint density at radius 1 is 1.34 bits per heavy atom. The van der Waals surface area contributed by atoms with Crippen molar-refractivity contribution < 1.29 is 17.4 Å². The first-order valence-corrected chi connectivity index (χ1v) is 9.46. The van der Waals surface area contributed by atoms with Gasteiger partial charge in [0, 0.05) is 6.20 Å². The lowest BCUT2D eigenvalue weighted by Crippen LogP contribution is -2.33. The van der Waals surface area contributed by atoms with E-state index in [0.29, 0.717) is 0 Å². The second kappa shape index (κ2) is 7.94. The predicted molar refractivity (Wildman–Crippen MR) is 97.8 cm³/mol. The lowest BCUT2D eigenvalue weighted by molar-refractivity contribution is 0.302. The summed E-state index contributed by atoms with van der Waals surface area (Å²) in [5, 5.41) is 6.93. The van der Waals surface area contributed by atoms with E-state index in [-0.39, 0.29) is 27.9 Å². The van der Waals surface area contributed by atoms with Crippen molar-refractivity contribution in [3.63, 3.8) is 0 Å². The summed E-state index contributed by atoms with van der Waals surface area (Å²) in [5.74, 6) is -0.843. The number of nitrogens with one attached hydrogen (secondary N) is 3. The van der Waals surface area contributed by atoms with Crippen LogP contribution in [-0.4, -0.2) is 34.5 Å². The Kier molecular flexibility index (Phi) is 5.58. The number of nitrogens with two attached hydrogens (primary N) is 1. The van der Waals surface area contributed by atoms with Gasteiger partial charge in [-0.05, 0) is 23.4 Å². The number of nitrogens with zero attached hydrogens (tertiary/aromatic N) is 3. The Morgan fingerprint density at radius 3 is 2.79 bits per heavy atom. The van der Waals surface area contributed by atoms with Crippen LogP contribution in [-0.2, 0) is 16.6 Å². The molecule has 3 aromatic rings. The summed E-state index contributed by atoms with van der Waals surface area (Å²) < 4.78 is 44.4. The molecular weight excluding hydrogens is 433 g/mol. The molecule has 0 radical (unpaired) electrons. The van der Waals surface area contributed by atoms with E-state index >= 15 is 0 Å². The van der Waals surface area contributed by atoms with Gasteiger partial charge in [-0.1, -0.05) is 16.8 Å². The number of aromatic amines is 2. The molecule has 2 aromatic heterocycles. The van der Waals surface area contributed by atoms with Crippen LogP contribution < -0.4 is 21.7 Å². The number of amidine groups is 1. The molecule has 12 nitrogen and oxygen atoms in total. The van der Waals surface area contributed by atoms with Crippen LogP contribution in [0.3, 0.4) is 0 Å². The fourth-order valence-electron chi connectivity index (χ4n) is 2.10. The van der Waals surface area contributed by atoms with Gasteiger partial charge in [0.25, 0.3) is 5.56 Å². The second-order valence-corrected chi connectivity index (χ2v) is 7.56. The topological polar surface area (TPSA) is 189 Å². The van der Waals surface area contributed by atoms with Crippen LogP contribution in [0.25, 0.3) is 0 Å². The highest BCUT2D eigenvalue weighted by molar-refractivity contribution is 7.89. The minimum atomic E-state index is -4.31. The monoisotopic (exact) mass is 443 g/mol. The van der Waals surface area contributed by atoms with Gasteiger partial charge in [-0.3, -0.25) is 9.78 Å². The van der Waals surface area contributed by atoms with E-state index in [0.717, 1.165) is 12.3 Å². The highest BCUT2D eigenvalue weighted by Crippen LogP contribution is 2.22. The molecule has 0 spiro atoms. The van der Waals surface area contributed by atoms with Crippen molar-refractivity contribution in [3.8, 4) is 0 Å². The smallest absolute Gasteiger partial charge is 0.325 e. The normalized spacial score (nSPS) is 12.3. The van der Waals surface area contributed by atoms with Gasteiger partial charge in [-0.15, -0.1) is 0 Å². The Morgan fingerprint density at radius 2 is 2.10 bits per heavy atom. The predicted octanol–water partition coefficient (Wildman–Crippen LogP) is -0.246. The van der Waals surface area contributed by atoms with E-state index in [9.17, 15) is 22.4 Å². The Balaban J connectivity index is 1.83. The van der Waals surface area contributed by atoms with Gasteiger partial charge in [0.2, 0.25) is 10.0 Å². The van der Waals surface area contributed by atoms with Crippen molar-refractivity contribution in [2.24, 2.45) is 10.7 Å². The highest BCUT2D eigenvalue weighted by Gasteiger charge is 2.21. The first kappa shape index (κ1) is 20.4. The number of aliphatic imine (C=N–C) groups is 1. The van der Waals surface area contributed by atoms with Crippen LogP contribution in [0.15, 0.2) is 48.5 Å². The number of hydrogen-bond acceptors (Lipinski definition) is 8. The summed E-state index contributed by atoms with van der Waals surface area (Å²) in [6, 6.07) is 3.63. The molecule has 0 atom stereocenters. The molecule has 29 heavy (non-hydrogen) atoms. The van der Waals surface area contributed by atoms with E-state index in [1.165, 1.54) is 12.1 Å². The molecule has 0 aliphatic heterocycles. The van der Waals surface area contributed by atoms with Crippen molar-refractivity contribution >= 4 is 33.1 Å². The van der Waals surface area contributed by atoms with Crippen LogP contribution in [0, 0.1) is 5.82 Å². The van der Waals surface area contributed by atoms with Crippen LogP contribution in [0.4, 0.5) is 10.1 Å². The zero-order valence-electron chi connectivity index (χ0n) is 14.1. The number of aromatic nitrogens is 4. The molecule has 0 bridgehead atoms. The summed E-state index contributed by atoms with van der Waals surface area (Å²) in [6.45, 7) is -0.458. The third kappa shape index (κ3) is 4.56. The number of hydrogen-bond donors (Lipinski definition) is 4. The lowest BCUT2D eigenvalue weighted by Gasteiger charge is -2.04. The van der Waals surface area contributed by atoms with Crippen molar-refractivity contribution in [2.75, 3.05) is 0 Å². The van der Waals surface area contributed by atoms with Gasteiger partial charge >= 0.3 is 5.69 Å². The molecule has 3 rings (SSSR count). The van der Waals surface area contributed by atoms with E-state index in [2.05, 4.69) is 29.6 Å². The molecule has 0 saturated carbocycles. The largest absolute Gasteiger partial charge is 0.382 e. The van der Waals surface area contributed by atoms with Crippen LogP contribution >= 0.6 is 11.6 Å². The third-order valence-corrected chi connectivity index (χ3v) is 5.15. The van der Waals surface area contributed by atoms with E-state index < -0.39 is 38.5 Å². The van der Waals surface area contributed by atoms with E-state index in [1.54, 1.807) is 4.98 Å². The molecule has 152 valence electrons. The van der Waals surface area contributed by atoms with Crippen LogP contribution in [0.1, 0.15) is 11.4 Å². The van der Waals surface area contributed by atoms with Gasteiger partial charge in [0.1, 0.15) is 11.5 Å². The van der Waals surface area contributed by atoms with Gasteiger partial charge in [0.05, 0.1) is 17.3 Å². The summed E-state index contributed by atoms with van der Waals surface area (Å²) in [5.41, 5.74) is 3.96. The summed E-state index contributed by atoms with van der Waals surface area (Å²) >= 11 is 5.68. The molecule has 2 heterocycles. The number of benzene rings is 1. The first-order valence-electron chi connectivity index (χ1n) is 7.60. The van der Waals surface area contributed by atoms with Gasteiger partial charge < -0.3 is 10.7 Å². The van der Waals surface area contributed by atoms with E-state index in [1.807, 2.05) is 0 Å². The minimum absolute atomic E-state index is 0.0381. The molecule has 5 N–H and O–H groups in total. The summed E-state index contributed by atoms with van der Waals surface area (Å²) in [4.78, 5) is 29.8. The minimum Gasteiger partial charge on any atom is -0.382 e. The van der Waals surface area contributed by atoms with Gasteiger partial charge in [-0.25, -0.2) is 31.9 Å². The average molecular weight is 444 g/mol. The summed E-state index contributed by atoms with van der Waals surface area (Å²) in [6.07, 6.45) is 0.750. The third-order valence-electron chi connectivity index (χ3n) is 3.46. The Labute approximate surface area is 165 Å². The molecule has 0 saturated heterocycles. The van der Waals surface area contributed by atoms with Crippen LogP contribution in [0.5, 0.6) is 0 Å². The number of H-pyrrole nitrogens is 2. The molecule has 0 aliphatic rings. The number of rotatable bonds is 6. The fourth-order valence-corrected chi connectivity index (χ4v) is 3.27. The summed E-state index contributed by atoms with van der Waals surface area (Å²) in [7, 11) is -4.31. The highest BCUT2D eigenvalue weighted by atomic mass is 35.5. The zero-order chi connectivity index (χ0) is 21.2. The van der Waals surface area contributed by atoms with Crippen molar-refractivity contribution in [1.82, 2.24) is 25.0 Å².